The maximum absolute atomic E-state index is 6.21. The fourth-order valence-corrected chi connectivity index (χ4v) is 4.35. The molecule has 0 aromatic heterocycles. The standard InChI is InChI=1S/C15H30N4S.HI/c1-13-5-4-6-15(11-13,18(2)3)12-17-14(16)19-7-9-20-10-8-19;/h13H,4-12H2,1-3H3,(H2,16,17);1H. The van der Waals surface area contributed by atoms with Gasteiger partial charge >= 0.3 is 0 Å². The Morgan fingerprint density at radius 3 is 2.62 bits per heavy atom. The summed E-state index contributed by atoms with van der Waals surface area (Å²) >= 11 is 2.01. The number of halogens is 1. The normalized spacial score (nSPS) is 31.1. The molecule has 1 saturated carbocycles. The lowest BCUT2D eigenvalue weighted by Gasteiger charge is -2.44. The lowest BCUT2D eigenvalue weighted by Crippen LogP contribution is -2.51. The van der Waals surface area contributed by atoms with Crippen molar-refractivity contribution in [1.82, 2.24) is 9.80 Å². The summed E-state index contributed by atoms with van der Waals surface area (Å²) in [5, 5.41) is 0. The van der Waals surface area contributed by atoms with Gasteiger partial charge in [-0.1, -0.05) is 19.8 Å². The quantitative estimate of drug-likeness (QED) is 0.428. The number of hydrogen-bond donors (Lipinski definition) is 1. The highest BCUT2D eigenvalue weighted by atomic mass is 127. The number of thioether (sulfide) groups is 1. The zero-order valence-electron chi connectivity index (χ0n) is 13.7. The smallest absolute Gasteiger partial charge is 0.191 e. The van der Waals surface area contributed by atoms with E-state index in [-0.39, 0.29) is 29.5 Å². The summed E-state index contributed by atoms with van der Waals surface area (Å²) in [6.07, 6.45) is 5.16. The van der Waals surface area contributed by atoms with E-state index in [1.54, 1.807) is 0 Å². The van der Waals surface area contributed by atoms with Gasteiger partial charge in [0.1, 0.15) is 0 Å². The zero-order valence-corrected chi connectivity index (χ0v) is 16.8. The maximum Gasteiger partial charge on any atom is 0.191 e. The second-order valence-electron chi connectivity index (χ2n) is 6.59. The van der Waals surface area contributed by atoms with E-state index in [1.165, 1.54) is 37.2 Å². The third-order valence-electron chi connectivity index (χ3n) is 4.89. The van der Waals surface area contributed by atoms with Crippen molar-refractivity contribution in [1.29, 1.82) is 0 Å². The molecule has 0 amide bonds. The molecular weight excluding hydrogens is 395 g/mol. The lowest BCUT2D eigenvalue weighted by molar-refractivity contribution is 0.0843. The first kappa shape index (κ1) is 19.4. The number of nitrogens with zero attached hydrogens (tertiary/aromatic N) is 3. The van der Waals surface area contributed by atoms with Gasteiger partial charge in [0.25, 0.3) is 0 Å². The van der Waals surface area contributed by atoms with Crippen molar-refractivity contribution in [3.8, 4) is 0 Å². The molecule has 2 rings (SSSR count). The van der Waals surface area contributed by atoms with Gasteiger partial charge in [0.2, 0.25) is 0 Å². The van der Waals surface area contributed by atoms with Crippen LogP contribution in [0.15, 0.2) is 4.99 Å². The molecule has 0 spiro atoms. The summed E-state index contributed by atoms with van der Waals surface area (Å²) in [4.78, 5) is 9.39. The Kier molecular flexibility index (Phi) is 8.13. The third kappa shape index (κ3) is 5.16. The van der Waals surface area contributed by atoms with Gasteiger partial charge in [-0.2, -0.15) is 11.8 Å². The number of aliphatic imine (C=N–C) groups is 1. The second kappa shape index (κ2) is 8.82. The van der Waals surface area contributed by atoms with E-state index in [9.17, 15) is 0 Å². The van der Waals surface area contributed by atoms with Crippen LogP contribution in [0, 0.1) is 5.92 Å². The van der Waals surface area contributed by atoms with Crippen LogP contribution < -0.4 is 5.73 Å². The van der Waals surface area contributed by atoms with Crippen molar-refractivity contribution in [3.05, 3.63) is 0 Å². The molecule has 1 heterocycles. The minimum Gasteiger partial charge on any atom is -0.370 e. The summed E-state index contributed by atoms with van der Waals surface area (Å²) in [6.45, 7) is 5.31. The van der Waals surface area contributed by atoms with Crippen molar-refractivity contribution in [3.63, 3.8) is 0 Å². The Labute approximate surface area is 151 Å². The Bertz CT molecular complexity index is 345. The maximum atomic E-state index is 6.21. The average molecular weight is 426 g/mol. The van der Waals surface area contributed by atoms with Gasteiger partial charge < -0.3 is 15.5 Å². The molecule has 6 heteroatoms. The Balaban J connectivity index is 0.00000220. The molecule has 2 fully saturated rings. The van der Waals surface area contributed by atoms with Gasteiger partial charge in [-0.3, -0.25) is 4.99 Å². The van der Waals surface area contributed by atoms with Gasteiger partial charge in [-0.25, -0.2) is 0 Å². The van der Waals surface area contributed by atoms with Crippen LogP contribution in [0.1, 0.15) is 32.6 Å². The predicted octanol–water partition coefficient (Wildman–Crippen LogP) is 2.48. The minimum atomic E-state index is 0. The van der Waals surface area contributed by atoms with Crippen LogP contribution in [0.2, 0.25) is 0 Å². The van der Waals surface area contributed by atoms with Crippen molar-refractivity contribution >= 4 is 41.7 Å². The van der Waals surface area contributed by atoms with Crippen LogP contribution in [0.5, 0.6) is 0 Å². The predicted molar refractivity (Wildman–Crippen MR) is 105 cm³/mol. The molecule has 0 aromatic rings. The van der Waals surface area contributed by atoms with E-state index in [2.05, 4.69) is 30.8 Å². The fourth-order valence-electron chi connectivity index (χ4n) is 3.44. The molecule has 2 aliphatic rings. The Morgan fingerprint density at radius 2 is 2.05 bits per heavy atom. The van der Waals surface area contributed by atoms with Gasteiger partial charge in [0.05, 0.1) is 6.54 Å². The number of rotatable bonds is 3. The van der Waals surface area contributed by atoms with E-state index < -0.39 is 0 Å². The Morgan fingerprint density at radius 1 is 1.38 bits per heavy atom. The highest BCUT2D eigenvalue weighted by molar-refractivity contribution is 14.0. The molecule has 0 aromatic carbocycles. The lowest BCUT2D eigenvalue weighted by atomic mass is 9.75. The van der Waals surface area contributed by atoms with Crippen molar-refractivity contribution < 1.29 is 0 Å². The van der Waals surface area contributed by atoms with Crippen LogP contribution in [-0.2, 0) is 0 Å². The molecule has 124 valence electrons. The topological polar surface area (TPSA) is 44.9 Å². The average Bonchev–Trinajstić information content (AvgIpc) is 2.45. The van der Waals surface area contributed by atoms with E-state index in [1.807, 2.05) is 11.8 Å². The van der Waals surface area contributed by atoms with Crippen LogP contribution in [0.3, 0.4) is 0 Å². The van der Waals surface area contributed by atoms with E-state index >= 15 is 0 Å². The van der Waals surface area contributed by atoms with Crippen LogP contribution >= 0.6 is 35.7 Å². The second-order valence-corrected chi connectivity index (χ2v) is 7.82. The van der Waals surface area contributed by atoms with E-state index in [4.69, 9.17) is 10.7 Å². The van der Waals surface area contributed by atoms with Gasteiger partial charge in [-0.05, 0) is 32.9 Å². The van der Waals surface area contributed by atoms with E-state index in [0.29, 0.717) is 0 Å². The molecule has 1 aliphatic heterocycles. The molecule has 2 unspecified atom stereocenters. The summed E-state index contributed by atoms with van der Waals surface area (Å²) < 4.78 is 0. The van der Waals surface area contributed by atoms with Gasteiger partial charge in [-0.15, -0.1) is 24.0 Å². The molecule has 2 N–H and O–H groups in total. The van der Waals surface area contributed by atoms with Crippen LogP contribution in [-0.4, -0.2) is 66.5 Å². The van der Waals surface area contributed by atoms with Gasteiger partial charge in [0, 0.05) is 30.1 Å². The van der Waals surface area contributed by atoms with Crippen LogP contribution in [0.4, 0.5) is 0 Å². The number of nitrogens with two attached hydrogens (primary N) is 1. The number of guanidine groups is 1. The molecule has 1 saturated heterocycles. The highest BCUT2D eigenvalue weighted by Gasteiger charge is 2.36. The molecule has 21 heavy (non-hydrogen) atoms. The SMILES string of the molecule is CC1CCCC(CN=C(N)N2CCSCC2)(N(C)C)C1.I. The molecule has 0 bridgehead atoms. The first-order valence-electron chi connectivity index (χ1n) is 7.83. The first-order valence-corrected chi connectivity index (χ1v) is 8.99. The van der Waals surface area contributed by atoms with E-state index in [0.717, 1.165) is 31.5 Å². The summed E-state index contributed by atoms with van der Waals surface area (Å²) in [6, 6.07) is 0. The van der Waals surface area contributed by atoms with Crippen LogP contribution in [0.25, 0.3) is 0 Å². The minimum absolute atomic E-state index is 0. The fraction of sp³-hybridized carbons (Fsp3) is 0.933. The summed E-state index contributed by atoms with van der Waals surface area (Å²) in [7, 11) is 4.39. The number of hydrogen-bond acceptors (Lipinski definition) is 3. The highest BCUT2D eigenvalue weighted by Crippen LogP contribution is 2.35. The largest absolute Gasteiger partial charge is 0.370 e. The Hall–Kier alpha value is 0.310. The first-order chi connectivity index (χ1) is 9.53. The zero-order chi connectivity index (χ0) is 14.6. The summed E-state index contributed by atoms with van der Waals surface area (Å²) in [5.74, 6) is 3.90. The van der Waals surface area contributed by atoms with Crippen molar-refractivity contribution in [2.45, 2.75) is 38.1 Å². The van der Waals surface area contributed by atoms with Gasteiger partial charge in [0.15, 0.2) is 5.96 Å². The molecule has 2 atom stereocenters. The third-order valence-corrected chi connectivity index (χ3v) is 5.83. The molecule has 0 radical (unpaired) electrons. The van der Waals surface area contributed by atoms with Crippen molar-refractivity contribution in [2.24, 2.45) is 16.6 Å². The summed E-state index contributed by atoms with van der Waals surface area (Å²) in [5.41, 5.74) is 6.42. The molecule has 4 nitrogen and oxygen atoms in total. The monoisotopic (exact) mass is 426 g/mol. The molecular formula is C15H31IN4S. The molecule has 1 aliphatic carbocycles. The number of likely N-dealkylation sites (N-methyl/N-ethyl adjacent to an activating group) is 1. The van der Waals surface area contributed by atoms with Crippen molar-refractivity contribution in [2.75, 3.05) is 45.2 Å².